The van der Waals surface area contributed by atoms with E-state index in [1.807, 2.05) is 6.07 Å². The lowest BCUT2D eigenvalue weighted by Gasteiger charge is -2.00. The molecule has 62 valence electrons. The molecule has 1 aliphatic rings. The van der Waals surface area contributed by atoms with E-state index in [-0.39, 0.29) is 5.91 Å². The quantitative estimate of drug-likeness (QED) is 0.656. The lowest BCUT2D eigenvalue weighted by molar-refractivity contribution is 0.0965. The molecular formula is C8H7BrN2O. The highest BCUT2D eigenvalue weighted by molar-refractivity contribution is 9.10. The van der Waals surface area contributed by atoms with Crippen molar-refractivity contribution in [2.24, 2.45) is 0 Å². The third-order valence-electron chi connectivity index (χ3n) is 1.86. The van der Waals surface area contributed by atoms with Crippen LogP contribution in [0.2, 0.25) is 0 Å². The maximum Gasteiger partial charge on any atom is 0.253 e. The molecule has 2 rings (SSSR count). The number of anilines is 1. The van der Waals surface area contributed by atoms with Crippen LogP contribution in [0, 0.1) is 0 Å². The number of hydrogen-bond donors (Lipinski definition) is 2. The van der Waals surface area contributed by atoms with Gasteiger partial charge >= 0.3 is 0 Å². The van der Waals surface area contributed by atoms with E-state index in [0.717, 1.165) is 10.0 Å². The van der Waals surface area contributed by atoms with Crippen molar-refractivity contribution in [3.63, 3.8) is 0 Å². The molecule has 0 bridgehead atoms. The second-order valence-corrected chi connectivity index (χ2v) is 3.57. The van der Waals surface area contributed by atoms with Crippen molar-refractivity contribution >= 4 is 27.5 Å². The molecule has 0 aromatic heterocycles. The van der Waals surface area contributed by atoms with Gasteiger partial charge in [0.1, 0.15) is 0 Å². The monoisotopic (exact) mass is 226 g/mol. The highest BCUT2D eigenvalue weighted by Gasteiger charge is 2.21. The molecule has 4 heteroatoms. The first-order chi connectivity index (χ1) is 5.68. The number of halogens is 1. The molecule has 0 spiro atoms. The lowest BCUT2D eigenvalue weighted by Crippen LogP contribution is -2.12. The fraction of sp³-hybridized carbons (Fsp3) is 0.125. The molecule has 1 aromatic rings. The molecule has 1 aromatic carbocycles. The third-order valence-corrected chi connectivity index (χ3v) is 2.49. The zero-order valence-corrected chi connectivity index (χ0v) is 7.81. The molecule has 0 unspecified atom stereocenters. The summed E-state index contributed by atoms with van der Waals surface area (Å²) in [5.74, 6) is -0.0307. The van der Waals surface area contributed by atoms with Crippen LogP contribution in [-0.4, -0.2) is 5.91 Å². The number of rotatable bonds is 0. The molecule has 0 fully saturated rings. The largest absolute Gasteiger partial charge is 0.399 e. The first kappa shape index (κ1) is 7.61. The van der Waals surface area contributed by atoms with Gasteiger partial charge in [0.25, 0.3) is 5.91 Å². The average molecular weight is 227 g/mol. The van der Waals surface area contributed by atoms with Gasteiger partial charge in [-0.05, 0) is 33.6 Å². The molecule has 1 aliphatic heterocycles. The average Bonchev–Trinajstić information content (AvgIpc) is 2.31. The van der Waals surface area contributed by atoms with Gasteiger partial charge in [-0.3, -0.25) is 4.79 Å². The fourth-order valence-corrected chi connectivity index (χ4v) is 2.04. The Morgan fingerprint density at radius 1 is 1.50 bits per heavy atom. The molecule has 3 nitrogen and oxygen atoms in total. The van der Waals surface area contributed by atoms with Crippen molar-refractivity contribution in [2.75, 3.05) is 5.73 Å². The van der Waals surface area contributed by atoms with E-state index in [9.17, 15) is 4.79 Å². The fourth-order valence-electron chi connectivity index (χ4n) is 1.34. The maximum absolute atomic E-state index is 11.2. The summed E-state index contributed by atoms with van der Waals surface area (Å²) in [6.45, 7) is 0.581. The molecule has 12 heavy (non-hydrogen) atoms. The van der Waals surface area contributed by atoms with Gasteiger partial charge in [-0.25, -0.2) is 0 Å². The van der Waals surface area contributed by atoms with Crippen LogP contribution in [0.1, 0.15) is 15.9 Å². The third kappa shape index (κ3) is 0.992. The smallest absolute Gasteiger partial charge is 0.253 e. The van der Waals surface area contributed by atoms with E-state index >= 15 is 0 Å². The normalized spacial score (nSPS) is 14.2. The first-order valence-electron chi connectivity index (χ1n) is 3.54. The van der Waals surface area contributed by atoms with Crippen molar-refractivity contribution in [1.82, 2.24) is 5.32 Å². The SMILES string of the molecule is Nc1cc(Br)c2c(c1)CNC2=O. The zero-order valence-electron chi connectivity index (χ0n) is 6.23. The summed E-state index contributed by atoms with van der Waals surface area (Å²) in [6, 6.07) is 3.56. The minimum atomic E-state index is -0.0307. The Morgan fingerprint density at radius 2 is 2.25 bits per heavy atom. The van der Waals surface area contributed by atoms with Gasteiger partial charge in [-0.15, -0.1) is 0 Å². The summed E-state index contributed by atoms with van der Waals surface area (Å²) in [6.07, 6.45) is 0. The predicted octanol–water partition coefficient (Wildman–Crippen LogP) is 1.27. The van der Waals surface area contributed by atoms with E-state index in [0.29, 0.717) is 17.8 Å². The highest BCUT2D eigenvalue weighted by atomic mass is 79.9. The van der Waals surface area contributed by atoms with Crippen molar-refractivity contribution in [1.29, 1.82) is 0 Å². The van der Waals surface area contributed by atoms with E-state index in [1.165, 1.54) is 0 Å². The second-order valence-electron chi connectivity index (χ2n) is 2.72. The molecule has 0 aliphatic carbocycles. The Kier molecular flexibility index (Phi) is 1.58. The molecule has 0 radical (unpaired) electrons. The molecule has 0 saturated carbocycles. The van der Waals surface area contributed by atoms with Gasteiger partial charge < -0.3 is 11.1 Å². The number of carbonyl (C=O) groups is 1. The van der Waals surface area contributed by atoms with Crippen LogP contribution in [0.25, 0.3) is 0 Å². The number of hydrogen-bond acceptors (Lipinski definition) is 2. The number of fused-ring (bicyclic) bond motifs is 1. The van der Waals surface area contributed by atoms with Crippen molar-refractivity contribution in [3.05, 3.63) is 27.7 Å². The lowest BCUT2D eigenvalue weighted by atomic mass is 10.1. The number of benzene rings is 1. The summed E-state index contributed by atoms with van der Waals surface area (Å²) in [7, 11) is 0. The van der Waals surface area contributed by atoms with Crippen LogP contribution in [0.5, 0.6) is 0 Å². The van der Waals surface area contributed by atoms with Crippen molar-refractivity contribution in [3.8, 4) is 0 Å². The summed E-state index contributed by atoms with van der Waals surface area (Å²) < 4.78 is 0.771. The van der Waals surface area contributed by atoms with E-state index in [1.54, 1.807) is 6.07 Å². The summed E-state index contributed by atoms with van der Waals surface area (Å²) in [5.41, 5.74) is 7.96. The first-order valence-corrected chi connectivity index (χ1v) is 4.34. The molecule has 1 heterocycles. The summed E-state index contributed by atoms with van der Waals surface area (Å²) >= 11 is 3.30. The Morgan fingerprint density at radius 3 is 3.00 bits per heavy atom. The van der Waals surface area contributed by atoms with Crippen LogP contribution in [-0.2, 0) is 6.54 Å². The minimum absolute atomic E-state index is 0.0307. The Balaban J connectivity index is 2.68. The van der Waals surface area contributed by atoms with E-state index < -0.39 is 0 Å². The van der Waals surface area contributed by atoms with Gasteiger partial charge in [-0.2, -0.15) is 0 Å². The highest BCUT2D eigenvalue weighted by Crippen LogP contribution is 2.27. The Bertz CT molecular complexity index is 362. The Labute approximate surface area is 78.1 Å². The van der Waals surface area contributed by atoms with Crippen LogP contribution in [0.15, 0.2) is 16.6 Å². The van der Waals surface area contributed by atoms with Gasteiger partial charge in [0, 0.05) is 16.7 Å². The van der Waals surface area contributed by atoms with Crippen LogP contribution < -0.4 is 11.1 Å². The number of amides is 1. The number of carbonyl (C=O) groups excluding carboxylic acids is 1. The van der Waals surface area contributed by atoms with Gasteiger partial charge in [-0.1, -0.05) is 0 Å². The number of nitrogens with one attached hydrogen (secondary N) is 1. The van der Waals surface area contributed by atoms with Gasteiger partial charge in [0.15, 0.2) is 0 Å². The van der Waals surface area contributed by atoms with Crippen molar-refractivity contribution < 1.29 is 4.79 Å². The molecule has 3 N–H and O–H groups in total. The topological polar surface area (TPSA) is 55.1 Å². The van der Waals surface area contributed by atoms with Crippen molar-refractivity contribution in [2.45, 2.75) is 6.54 Å². The Hall–Kier alpha value is -1.03. The number of nitrogen functional groups attached to an aromatic ring is 1. The van der Waals surface area contributed by atoms with E-state index in [4.69, 9.17) is 5.73 Å². The van der Waals surface area contributed by atoms with Gasteiger partial charge in [0.05, 0.1) is 5.56 Å². The molecule has 0 atom stereocenters. The minimum Gasteiger partial charge on any atom is -0.399 e. The van der Waals surface area contributed by atoms with Gasteiger partial charge in [0.2, 0.25) is 0 Å². The standard InChI is InChI=1S/C8H7BrN2O/c9-6-2-5(10)1-4-3-11-8(12)7(4)6/h1-2H,3,10H2,(H,11,12). The van der Waals surface area contributed by atoms with Crippen LogP contribution >= 0.6 is 15.9 Å². The molecule has 0 saturated heterocycles. The molecular weight excluding hydrogens is 220 g/mol. The predicted molar refractivity (Wildman–Crippen MR) is 49.7 cm³/mol. The maximum atomic E-state index is 11.2. The molecule has 1 amide bonds. The second kappa shape index (κ2) is 2.48. The summed E-state index contributed by atoms with van der Waals surface area (Å²) in [5, 5.41) is 2.73. The summed E-state index contributed by atoms with van der Waals surface area (Å²) in [4.78, 5) is 11.2. The zero-order chi connectivity index (χ0) is 8.72. The van der Waals surface area contributed by atoms with Crippen LogP contribution in [0.3, 0.4) is 0 Å². The van der Waals surface area contributed by atoms with Crippen LogP contribution in [0.4, 0.5) is 5.69 Å². The number of nitrogens with two attached hydrogens (primary N) is 1. The van der Waals surface area contributed by atoms with E-state index in [2.05, 4.69) is 21.2 Å².